The summed E-state index contributed by atoms with van der Waals surface area (Å²) in [5.41, 5.74) is 8.68. The molecule has 0 saturated carbocycles. The first kappa shape index (κ1) is 16.5. The summed E-state index contributed by atoms with van der Waals surface area (Å²) in [6.07, 6.45) is 1.54. The van der Waals surface area contributed by atoms with Crippen LogP contribution in [0.4, 0.5) is 5.69 Å². The number of amides is 2. The van der Waals surface area contributed by atoms with Crippen molar-refractivity contribution in [3.63, 3.8) is 0 Å². The van der Waals surface area contributed by atoms with Crippen molar-refractivity contribution >= 4 is 17.5 Å². The molecule has 2 amide bonds. The van der Waals surface area contributed by atoms with Gasteiger partial charge in [-0.2, -0.15) is 5.10 Å². The first-order chi connectivity index (χ1) is 11.9. The molecule has 0 aliphatic heterocycles. The summed E-state index contributed by atoms with van der Waals surface area (Å²) in [6.45, 7) is 3.95. The Hall–Kier alpha value is -3.35. The third-order valence-electron chi connectivity index (χ3n) is 4.06. The van der Waals surface area contributed by atoms with Crippen molar-refractivity contribution in [3.8, 4) is 5.82 Å². The summed E-state index contributed by atoms with van der Waals surface area (Å²) in [5, 5.41) is 7.05. The van der Waals surface area contributed by atoms with Crippen LogP contribution in [0.1, 0.15) is 32.1 Å². The highest BCUT2D eigenvalue weighted by Gasteiger charge is 2.20. The van der Waals surface area contributed by atoms with Gasteiger partial charge in [0.1, 0.15) is 11.4 Å². The van der Waals surface area contributed by atoms with Gasteiger partial charge < -0.3 is 15.6 Å². The van der Waals surface area contributed by atoms with Crippen molar-refractivity contribution in [2.45, 2.75) is 13.8 Å². The molecule has 25 heavy (non-hydrogen) atoms. The molecule has 7 nitrogen and oxygen atoms in total. The van der Waals surface area contributed by atoms with Crippen LogP contribution in [0.5, 0.6) is 0 Å². The van der Waals surface area contributed by atoms with Crippen molar-refractivity contribution in [1.29, 1.82) is 0 Å². The van der Waals surface area contributed by atoms with Crippen LogP contribution in [-0.2, 0) is 7.05 Å². The number of anilines is 1. The summed E-state index contributed by atoms with van der Waals surface area (Å²) >= 11 is 0. The number of nitrogens with two attached hydrogens (primary N) is 1. The van der Waals surface area contributed by atoms with Gasteiger partial charge in [-0.05, 0) is 50.2 Å². The molecule has 3 N–H and O–H groups in total. The summed E-state index contributed by atoms with van der Waals surface area (Å²) in [4.78, 5) is 23.8. The number of benzene rings is 1. The van der Waals surface area contributed by atoms with Crippen LogP contribution in [0.15, 0.2) is 42.6 Å². The molecule has 0 fully saturated rings. The van der Waals surface area contributed by atoms with E-state index >= 15 is 0 Å². The molecule has 3 aromatic rings. The summed E-state index contributed by atoms with van der Waals surface area (Å²) in [7, 11) is 1.80. The summed E-state index contributed by atoms with van der Waals surface area (Å²) < 4.78 is 3.66. The van der Waals surface area contributed by atoms with E-state index in [1.54, 1.807) is 42.2 Å². The van der Waals surface area contributed by atoms with E-state index in [1.165, 1.54) is 0 Å². The predicted molar refractivity (Wildman–Crippen MR) is 94.9 cm³/mol. The Morgan fingerprint density at radius 3 is 2.20 bits per heavy atom. The average molecular weight is 337 g/mol. The minimum atomic E-state index is -0.508. The number of rotatable bonds is 4. The Bertz CT molecular complexity index is 931. The van der Waals surface area contributed by atoms with E-state index in [2.05, 4.69) is 10.4 Å². The fourth-order valence-corrected chi connectivity index (χ4v) is 2.78. The van der Waals surface area contributed by atoms with Gasteiger partial charge in [0.2, 0.25) is 5.91 Å². The number of carbonyl (C=O) groups excluding carboxylic acids is 2. The Labute approximate surface area is 145 Å². The van der Waals surface area contributed by atoms with Crippen molar-refractivity contribution in [1.82, 2.24) is 14.3 Å². The molecule has 0 spiro atoms. The van der Waals surface area contributed by atoms with Crippen molar-refractivity contribution in [3.05, 3.63) is 65.1 Å². The number of aryl methyl sites for hydroxylation is 3. The lowest BCUT2D eigenvalue weighted by Gasteiger charge is -2.12. The Morgan fingerprint density at radius 1 is 1.04 bits per heavy atom. The van der Waals surface area contributed by atoms with Gasteiger partial charge >= 0.3 is 0 Å². The number of carbonyl (C=O) groups is 2. The highest BCUT2D eigenvalue weighted by Crippen LogP contribution is 2.21. The van der Waals surface area contributed by atoms with E-state index in [4.69, 9.17) is 5.73 Å². The standard InChI is InChI=1S/C18H19N5O2/c1-11-4-5-12(2)23(11)18-15(10-20-22(18)3)17(25)21-14-8-6-13(7-9-14)16(19)24/h4-10H,1-3H3,(H2,19,24)(H,21,25). The quantitative estimate of drug-likeness (QED) is 0.764. The molecule has 3 rings (SSSR count). The molecule has 128 valence electrons. The average Bonchev–Trinajstić information content (AvgIpc) is 3.10. The minimum Gasteiger partial charge on any atom is -0.366 e. The second-order valence-corrected chi connectivity index (χ2v) is 5.85. The van der Waals surface area contributed by atoms with E-state index in [-0.39, 0.29) is 5.91 Å². The Morgan fingerprint density at radius 2 is 1.64 bits per heavy atom. The number of nitrogens with zero attached hydrogens (tertiary/aromatic N) is 3. The van der Waals surface area contributed by atoms with Gasteiger partial charge in [-0.1, -0.05) is 0 Å². The molecule has 2 aromatic heterocycles. The first-order valence-corrected chi connectivity index (χ1v) is 7.77. The maximum atomic E-state index is 12.7. The van der Waals surface area contributed by atoms with Gasteiger partial charge in [-0.25, -0.2) is 0 Å². The highest BCUT2D eigenvalue weighted by atomic mass is 16.2. The number of hydrogen-bond acceptors (Lipinski definition) is 3. The van der Waals surface area contributed by atoms with Crippen LogP contribution >= 0.6 is 0 Å². The second kappa shape index (κ2) is 6.27. The number of hydrogen-bond donors (Lipinski definition) is 2. The highest BCUT2D eigenvalue weighted by molar-refractivity contribution is 6.06. The minimum absolute atomic E-state index is 0.276. The maximum Gasteiger partial charge on any atom is 0.261 e. The molecule has 1 aromatic carbocycles. The van der Waals surface area contributed by atoms with Crippen LogP contribution in [0.2, 0.25) is 0 Å². The first-order valence-electron chi connectivity index (χ1n) is 7.77. The molecular formula is C18H19N5O2. The van der Waals surface area contributed by atoms with Crippen LogP contribution < -0.4 is 11.1 Å². The maximum absolute atomic E-state index is 12.7. The van der Waals surface area contributed by atoms with E-state index in [9.17, 15) is 9.59 Å². The third kappa shape index (κ3) is 3.03. The smallest absolute Gasteiger partial charge is 0.261 e. The van der Waals surface area contributed by atoms with Gasteiger partial charge in [0.15, 0.2) is 0 Å². The molecular weight excluding hydrogens is 318 g/mol. The van der Waals surface area contributed by atoms with Crippen molar-refractivity contribution < 1.29 is 9.59 Å². The summed E-state index contributed by atoms with van der Waals surface area (Å²) in [6, 6.07) is 10.4. The molecule has 7 heteroatoms. The van der Waals surface area contributed by atoms with Gasteiger partial charge in [-0.15, -0.1) is 0 Å². The zero-order valence-electron chi connectivity index (χ0n) is 14.3. The molecule has 2 heterocycles. The van der Waals surface area contributed by atoms with Crippen molar-refractivity contribution in [2.24, 2.45) is 12.8 Å². The molecule has 0 atom stereocenters. The molecule has 0 unspecified atom stereocenters. The molecule has 0 radical (unpaired) electrons. The molecule has 0 aliphatic rings. The zero-order chi connectivity index (χ0) is 18.1. The van der Waals surface area contributed by atoms with E-state index < -0.39 is 5.91 Å². The van der Waals surface area contributed by atoms with Crippen LogP contribution in [-0.4, -0.2) is 26.2 Å². The zero-order valence-corrected chi connectivity index (χ0v) is 14.3. The monoisotopic (exact) mass is 337 g/mol. The molecule has 0 aliphatic carbocycles. The normalized spacial score (nSPS) is 10.7. The lowest BCUT2D eigenvalue weighted by Crippen LogP contribution is -2.17. The van der Waals surface area contributed by atoms with Gasteiger partial charge in [-0.3, -0.25) is 14.3 Å². The van der Waals surface area contributed by atoms with Gasteiger partial charge in [0.25, 0.3) is 5.91 Å². The van der Waals surface area contributed by atoms with Gasteiger partial charge in [0.05, 0.1) is 6.20 Å². The second-order valence-electron chi connectivity index (χ2n) is 5.85. The number of primary amides is 1. The molecule has 0 bridgehead atoms. The predicted octanol–water partition coefficient (Wildman–Crippen LogP) is 2.18. The summed E-state index contributed by atoms with van der Waals surface area (Å²) in [5.74, 6) is -0.0836. The SMILES string of the molecule is Cc1ccc(C)n1-c1c(C(=O)Nc2ccc(C(N)=O)cc2)cnn1C. The Balaban J connectivity index is 1.92. The van der Waals surface area contributed by atoms with Crippen LogP contribution in [0.25, 0.3) is 5.82 Å². The number of nitrogens with one attached hydrogen (secondary N) is 1. The fourth-order valence-electron chi connectivity index (χ4n) is 2.78. The van der Waals surface area contributed by atoms with Crippen LogP contribution in [0, 0.1) is 13.8 Å². The lowest BCUT2D eigenvalue weighted by atomic mass is 10.2. The number of aromatic nitrogens is 3. The van der Waals surface area contributed by atoms with Gasteiger partial charge in [0, 0.05) is 29.7 Å². The van der Waals surface area contributed by atoms with Crippen molar-refractivity contribution in [2.75, 3.05) is 5.32 Å². The van der Waals surface area contributed by atoms with Crippen LogP contribution in [0.3, 0.4) is 0 Å². The topological polar surface area (TPSA) is 94.9 Å². The van der Waals surface area contributed by atoms with E-state index in [0.29, 0.717) is 22.6 Å². The Kier molecular flexibility index (Phi) is 4.14. The fraction of sp³-hybridized carbons (Fsp3) is 0.167. The largest absolute Gasteiger partial charge is 0.366 e. The van der Waals surface area contributed by atoms with E-state index in [0.717, 1.165) is 11.4 Å². The van der Waals surface area contributed by atoms with E-state index in [1.807, 2.05) is 30.5 Å². The third-order valence-corrected chi connectivity index (χ3v) is 4.06. The molecule has 0 saturated heterocycles. The lowest BCUT2D eigenvalue weighted by molar-refractivity contribution is 0.0998.